The summed E-state index contributed by atoms with van der Waals surface area (Å²) in [7, 11) is 0. The highest BCUT2D eigenvalue weighted by molar-refractivity contribution is 5.98. The van der Waals surface area contributed by atoms with Gasteiger partial charge in [0.25, 0.3) is 5.91 Å². The molecule has 0 aliphatic carbocycles. The summed E-state index contributed by atoms with van der Waals surface area (Å²) in [5.74, 6) is 10.5. The molecule has 0 unspecified atom stereocenters. The van der Waals surface area contributed by atoms with E-state index in [1.807, 2.05) is 31.2 Å². The molecule has 0 fully saturated rings. The Labute approximate surface area is 170 Å². The molecule has 0 aromatic heterocycles. The second-order valence-corrected chi connectivity index (χ2v) is 6.07. The lowest BCUT2D eigenvalue weighted by atomic mass is 10.1. The highest BCUT2D eigenvalue weighted by Gasteiger charge is 2.18. The number of nitrogens with one attached hydrogen (secondary N) is 2. The highest BCUT2D eigenvalue weighted by atomic mass is 16.3. The van der Waals surface area contributed by atoms with Crippen molar-refractivity contribution in [3.63, 3.8) is 0 Å². The molecule has 0 heterocycles. The Morgan fingerprint density at radius 1 is 1.00 bits per heavy atom. The van der Waals surface area contributed by atoms with Crippen molar-refractivity contribution in [2.45, 2.75) is 13.0 Å². The summed E-state index contributed by atoms with van der Waals surface area (Å²) in [5.41, 5.74) is 8.45. The van der Waals surface area contributed by atoms with Crippen molar-refractivity contribution in [3.05, 3.63) is 65.2 Å². The average molecular weight is 389 g/mol. The Bertz CT molecular complexity index is 959. The molecule has 148 valence electrons. The smallest absolute Gasteiger partial charge is 0.251 e. The van der Waals surface area contributed by atoms with Crippen LogP contribution in [0.2, 0.25) is 0 Å². The van der Waals surface area contributed by atoms with Crippen molar-refractivity contribution in [1.82, 2.24) is 5.32 Å². The molecular formula is C23H23N3O3. The van der Waals surface area contributed by atoms with Crippen molar-refractivity contribution in [3.8, 4) is 23.7 Å². The lowest BCUT2D eigenvalue weighted by molar-refractivity contribution is -0.123. The van der Waals surface area contributed by atoms with Gasteiger partial charge in [-0.05, 0) is 67.3 Å². The molecule has 0 saturated carbocycles. The maximum absolute atomic E-state index is 12.2. The number of carbonyl (C=O) groups is 2. The first-order chi connectivity index (χ1) is 14.1. The summed E-state index contributed by atoms with van der Waals surface area (Å²) in [6.07, 6.45) is 0. The van der Waals surface area contributed by atoms with Crippen LogP contribution in [0, 0.1) is 23.7 Å². The molecule has 0 spiro atoms. The standard InChI is InChI=1S/C23H23N3O3/c1-2-25-20-13-9-18(10-14-20)6-4-3-5-17-7-11-19(12-8-17)23(29)26-21(15-24)22(28)16-27/h7-14,21,25,27H,2,15-16,24H2,1H3,(H,26,29)/t21-/m0/s1. The summed E-state index contributed by atoms with van der Waals surface area (Å²) >= 11 is 0. The summed E-state index contributed by atoms with van der Waals surface area (Å²) < 4.78 is 0. The van der Waals surface area contributed by atoms with Gasteiger partial charge in [-0.15, -0.1) is 0 Å². The molecular weight excluding hydrogens is 366 g/mol. The minimum absolute atomic E-state index is 0.0782. The van der Waals surface area contributed by atoms with Gasteiger partial charge in [0.2, 0.25) is 0 Å². The molecule has 2 aromatic carbocycles. The van der Waals surface area contributed by atoms with E-state index in [0.717, 1.165) is 17.8 Å². The Morgan fingerprint density at radius 2 is 1.55 bits per heavy atom. The molecule has 0 radical (unpaired) electrons. The van der Waals surface area contributed by atoms with Crippen LogP contribution >= 0.6 is 0 Å². The number of benzene rings is 2. The SMILES string of the molecule is CCNc1ccc(C#CC#Cc2ccc(C(=O)N[C@@H](CN)C(=O)CO)cc2)cc1. The van der Waals surface area contributed by atoms with E-state index in [1.54, 1.807) is 24.3 Å². The van der Waals surface area contributed by atoms with E-state index in [2.05, 4.69) is 34.3 Å². The van der Waals surface area contributed by atoms with Gasteiger partial charge < -0.3 is 21.5 Å². The number of nitrogens with two attached hydrogens (primary N) is 1. The number of anilines is 1. The molecule has 6 nitrogen and oxygen atoms in total. The van der Waals surface area contributed by atoms with Crippen LogP contribution in [0.25, 0.3) is 0 Å². The number of amides is 1. The minimum atomic E-state index is -0.908. The van der Waals surface area contributed by atoms with Crippen molar-refractivity contribution in [1.29, 1.82) is 0 Å². The average Bonchev–Trinajstić information content (AvgIpc) is 2.76. The van der Waals surface area contributed by atoms with Crippen molar-refractivity contribution in [2.75, 3.05) is 25.0 Å². The molecule has 0 bridgehead atoms. The zero-order valence-corrected chi connectivity index (χ0v) is 16.2. The molecule has 5 N–H and O–H groups in total. The van der Waals surface area contributed by atoms with Gasteiger partial charge in [0.1, 0.15) is 12.6 Å². The summed E-state index contributed by atoms with van der Waals surface area (Å²) in [5, 5.41) is 14.6. The van der Waals surface area contributed by atoms with E-state index in [9.17, 15) is 9.59 Å². The van der Waals surface area contributed by atoms with Crippen molar-refractivity contribution in [2.24, 2.45) is 5.73 Å². The molecule has 0 saturated heterocycles. The fourth-order valence-corrected chi connectivity index (χ4v) is 2.41. The quantitative estimate of drug-likeness (QED) is 0.532. The monoisotopic (exact) mass is 389 g/mol. The molecule has 0 aliphatic rings. The van der Waals surface area contributed by atoms with Crippen LogP contribution in [0.1, 0.15) is 28.4 Å². The lowest BCUT2D eigenvalue weighted by Crippen LogP contribution is -2.46. The third kappa shape index (κ3) is 6.82. The van der Waals surface area contributed by atoms with E-state index in [0.29, 0.717) is 11.1 Å². The molecule has 1 amide bonds. The van der Waals surface area contributed by atoms with Crippen LogP contribution < -0.4 is 16.4 Å². The number of rotatable bonds is 7. The van der Waals surface area contributed by atoms with E-state index in [4.69, 9.17) is 10.8 Å². The van der Waals surface area contributed by atoms with Gasteiger partial charge in [-0.25, -0.2) is 0 Å². The van der Waals surface area contributed by atoms with Crippen LogP contribution in [0.15, 0.2) is 48.5 Å². The second-order valence-electron chi connectivity index (χ2n) is 6.07. The fraction of sp³-hybridized carbons (Fsp3) is 0.217. The summed E-state index contributed by atoms with van der Waals surface area (Å²) in [6.45, 7) is 2.16. The molecule has 29 heavy (non-hydrogen) atoms. The summed E-state index contributed by atoms with van der Waals surface area (Å²) in [4.78, 5) is 23.6. The highest BCUT2D eigenvalue weighted by Crippen LogP contribution is 2.08. The van der Waals surface area contributed by atoms with Gasteiger partial charge in [-0.3, -0.25) is 9.59 Å². The first-order valence-electron chi connectivity index (χ1n) is 9.18. The lowest BCUT2D eigenvalue weighted by Gasteiger charge is -2.14. The topological polar surface area (TPSA) is 104 Å². The number of ketones is 1. The number of aliphatic hydroxyl groups excluding tert-OH is 1. The number of aliphatic hydroxyl groups is 1. The first-order valence-corrected chi connectivity index (χ1v) is 9.18. The molecule has 2 rings (SSSR count). The zero-order chi connectivity index (χ0) is 21.1. The molecule has 6 heteroatoms. The first kappa shape index (κ1) is 21.7. The maximum atomic E-state index is 12.2. The fourth-order valence-electron chi connectivity index (χ4n) is 2.41. The van der Waals surface area contributed by atoms with Crippen molar-refractivity contribution < 1.29 is 14.7 Å². The number of carbonyl (C=O) groups excluding carboxylic acids is 2. The van der Waals surface area contributed by atoms with Gasteiger partial charge in [0, 0.05) is 35.5 Å². The van der Waals surface area contributed by atoms with Gasteiger partial charge in [-0.1, -0.05) is 11.8 Å². The predicted octanol–water partition coefficient (Wildman–Crippen LogP) is 1.14. The zero-order valence-electron chi connectivity index (χ0n) is 16.2. The molecule has 2 aromatic rings. The second kappa shape index (κ2) is 11.3. The Kier molecular flexibility index (Phi) is 8.47. The van der Waals surface area contributed by atoms with Crippen LogP contribution in [0.5, 0.6) is 0 Å². The normalized spacial score (nSPS) is 10.6. The molecule has 1 atom stereocenters. The Morgan fingerprint density at radius 3 is 2.03 bits per heavy atom. The number of hydrogen-bond donors (Lipinski definition) is 4. The Balaban J connectivity index is 1.98. The third-order valence-electron chi connectivity index (χ3n) is 3.97. The van der Waals surface area contributed by atoms with Crippen LogP contribution in [0.3, 0.4) is 0 Å². The minimum Gasteiger partial charge on any atom is -0.388 e. The Hall–Kier alpha value is -3.58. The van der Waals surface area contributed by atoms with Crippen molar-refractivity contribution >= 4 is 17.4 Å². The summed E-state index contributed by atoms with van der Waals surface area (Å²) in [6, 6.07) is 13.5. The largest absolute Gasteiger partial charge is 0.388 e. The predicted molar refractivity (Wildman–Crippen MR) is 113 cm³/mol. The third-order valence-corrected chi connectivity index (χ3v) is 3.97. The van der Waals surface area contributed by atoms with E-state index in [-0.39, 0.29) is 6.54 Å². The molecule has 0 aliphatic heterocycles. The van der Waals surface area contributed by atoms with Crippen LogP contribution in [-0.4, -0.2) is 42.5 Å². The van der Waals surface area contributed by atoms with Crippen LogP contribution in [0.4, 0.5) is 5.69 Å². The van der Waals surface area contributed by atoms with E-state index >= 15 is 0 Å². The van der Waals surface area contributed by atoms with Gasteiger partial charge in [0.05, 0.1) is 0 Å². The van der Waals surface area contributed by atoms with Gasteiger partial charge in [0.15, 0.2) is 5.78 Å². The van der Waals surface area contributed by atoms with E-state index in [1.165, 1.54) is 0 Å². The number of hydrogen-bond acceptors (Lipinski definition) is 5. The van der Waals surface area contributed by atoms with E-state index < -0.39 is 24.3 Å². The van der Waals surface area contributed by atoms with Crippen LogP contribution in [-0.2, 0) is 4.79 Å². The number of Topliss-reactive ketones (excluding diaryl/α,β-unsaturated/α-hetero) is 1. The maximum Gasteiger partial charge on any atom is 0.251 e. The van der Waals surface area contributed by atoms with Gasteiger partial charge >= 0.3 is 0 Å². The van der Waals surface area contributed by atoms with Gasteiger partial charge in [-0.2, -0.15) is 0 Å².